The van der Waals surface area contributed by atoms with E-state index in [2.05, 4.69) is 26.1 Å². The van der Waals surface area contributed by atoms with E-state index in [0.717, 1.165) is 0 Å². The van der Waals surface area contributed by atoms with Gasteiger partial charge in [-0.2, -0.15) is 0 Å². The summed E-state index contributed by atoms with van der Waals surface area (Å²) in [4.78, 5) is 13.8. The molecule has 2 unspecified atom stereocenters. The van der Waals surface area contributed by atoms with Crippen LogP contribution in [0, 0.1) is 5.41 Å². The van der Waals surface area contributed by atoms with Crippen LogP contribution in [0.25, 0.3) is 0 Å². The van der Waals surface area contributed by atoms with Crippen molar-refractivity contribution < 1.29 is 9.53 Å². The molecular weight excluding hydrogens is 204 g/mol. The van der Waals surface area contributed by atoms with E-state index in [1.165, 1.54) is 0 Å². The molecule has 1 aliphatic rings. The Bertz CT molecular complexity index is 248. The summed E-state index contributed by atoms with van der Waals surface area (Å²) in [6.45, 7) is 12.4. The van der Waals surface area contributed by atoms with Crippen molar-refractivity contribution >= 4 is 6.03 Å². The Kier molecular flexibility index (Phi) is 4.19. The van der Waals surface area contributed by atoms with E-state index in [1.54, 1.807) is 0 Å². The fraction of sp³-hybridized carbons (Fsp3) is 0.917. The van der Waals surface area contributed by atoms with Gasteiger partial charge in [-0.15, -0.1) is 0 Å². The van der Waals surface area contributed by atoms with Crippen LogP contribution < -0.4 is 5.32 Å². The van der Waals surface area contributed by atoms with Gasteiger partial charge in [0.2, 0.25) is 0 Å². The molecule has 0 spiro atoms. The number of hydrogen-bond acceptors (Lipinski definition) is 2. The Morgan fingerprint density at radius 3 is 2.62 bits per heavy atom. The average Bonchev–Trinajstić information content (AvgIpc) is 2.17. The first-order chi connectivity index (χ1) is 7.31. The molecule has 0 aromatic heterocycles. The first kappa shape index (κ1) is 13.3. The van der Waals surface area contributed by atoms with E-state index < -0.39 is 0 Å². The molecule has 1 fully saturated rings. The summed E-state index contributed by atoms with van der Waals surface area (Å²) < 4.78 is 5.49. The van der Waals surface area contributed by atoms with Crippen LogP contribution in [0.1, 0.15) is 34.6 Å². The van der Waals surface area contributed by atoms with E-state index in [-0.39, 0.29) is 23.6 Å². The first-order valence-corrected chi connectivity index (χ1v) is 5.97. The van der Waals surface area contributed by atoms with Gasteiger partial charge in [0.15, 0.2) is 0 Å². The number of carbonyl (C=O) groups excluding carboxylic acids is 1. The molecule has 4 nitrogen and oxygen atoms in total. The van der Waals surface area contributed by atoms with Crippen LogP contribution in [0.2, 0.25) is 0 Å². The molecular formula is C12H24N2O2. The van der Waals surface area contributed by atoms with Crippen molar-refractivity contribution in [3.8, 4) is 0 Å². The molecule has 16 heavy (non-hydrogen) atoms. The van der Waals surface area contributed by atoms with Gasteiger partial charge in [0.1, 0.15) is 0 Å². The van der Waals surface area contributed by atoms with E-state index in [4.69, 9.17) is 4.74 Å². The predicted octanol–water partition coefficient (Wildman–Crippen LogP) is 1.85. The summed E-state index contributed by atoms with van der Waals surface area (Å²) in [7, 11) is 0. The topological polar surface area (TPSA) is 41.6 Å². The maximum Gasteiger partial charge on any atom is 0.317 e. The molecule has 1 aliphatic heterocycles. The van der Waals surface area contributed by atoms with Gasteiger partial charge in [-0.05, 0) is 19.3 Å². The standard InChI is InChI=1S/C12H24N2O2/c1-9-10(2)16-7-6-14(9)11(15)13-8-12(3,4)5/h9-10H,6-8H2,1-5H3,(H,13,15). The number of morpholine rings is 1. The van der Waals surface area contributed by atoms with Crippen molar-refractivity contribution in [2.75, 3.05) is 19.7 Å². The molecule has 0 aliphatic carbocycles. The number of urea groups is 1. The third kappa shape index (κ3) is 3.67. The van der Waals surface area contributed by atoms with Gasteiger partial charge in [-0.1, -0.05) is 20.8 Å². The molecule has 94 valence electrons. The second-order valence-corrected chi connectivity index (χ2v) is 5.73. The second kappa shape index (κ2) is 5.04. The van der Waals surface area contributed by atoms with Crippen LogP contribution in [-0.4, -0.2) is 42.8 Å². The van der Waals surface area contributed by atoms with Crippen LogP contribution in [0.15, 0.2) is 0 Å². The number of hydrogen-bond donors (Lipinski definition) is 1. The van der Waals surface area contributed by atoms with Crippen molar-refractivity contribution in [2.45, 2.75) is 46.8 Å². The second-order valence-electron chi connectivity index (χ2n) is 5.73. The molecule has 0 radical (unpaired) electrons. The molecule has 0 aromatic carbocycles. The number of carbonyl (C=O) groups is 1. The van der Waals surface area contributed by atoms with Gasteiger partial charge in [0.25, 0.3) is 0 Å². The number of rotatable bonds is 1. The minimum absolute atomic E-state index is 0.0255. The lowest BCUT2D eigenvalue weighted by atomic mass is 9.97. The van der Waals surface area contributed by atoms with E-state index in [0.29, 0.717) is 19.7 Å². The first-order valence-electron chi connectivity index (χ1n) is 5.97. The summed E-state index contributed by atoms with van der Waals surface area (Å²) in [5.74, 6) is 0. The molecule has 1 heterocycles. The van der Waals surface area contributed by atoms with Crippen molar-refractivity contribution in [1.29, 1.82) is 0 Å². The smallest absolute Gasteiger partial charge is 0.317 e. The van der Waals surface area contributed by atoms with Gasteiger partial charge in [0.05, 0.1) is 18.8 Å². The van der Waals surface area contributed by atoms with E-state index in [1.807, 2.05) is 18.7 Å². The lowest BCUT2D eigenvalue weighted by molar-refractivity contribution is -0.0378. The summed E-state index contributed by atoms with van der Waals surface area (Å²) in [5, 5.41) is 2.97. The molecule has 4 heteroatoms. The van der Waals surface area contributed by atoms with E-state index >= 15 is 0 Å². The maximum atomic E-state index is 12.0. The Hall–Kier alpha value is -0.770. The zero-order valence-corrected chi connectivity index (χ0v) is 11.0. The quantitative estimate of drug-likeness (QED) is 0.744. The molecule has 0 aromatic rings. The van der Waals surface area contributed by atoms with Gasteiger partial charge >= 0.3 is 6.03 Å². The fourth-order valence-electron chi connectivity index (χ4n) is 1.66. The lowest BCUT2D eigenvalue weighted by Crippen LogP contribution is -2.55. The van der Waals surface area contributed by atoms with Crippen molar-refractivity contribution in [1.82, 2.24) is 10.2 Å². The molecule has 1 rings (SSSR count). The van der Waals surface area contributed by atoms with Crippen LogP contribution in [0.5, 0.6) is 0 Å². The highest BCUT2D eigenvalue weighted by Crippen LogP contribution is 2.15. The highest BCUT2D eigenvalue weighted by atomic mass is 16.5. The average molecular weight is 228 g/mol. The monoisotopic (exact) mass is 228 g/mol. The summed E-state index contributed by atoms with van der Waals surface area (Å²) in [6, 6.07) is 0.172. The fourth-order valence-corrected chi connectivity index (χ4v) is 1.66. The number of nitrogens with zero attached hydrogens (tertiary/aromatic N) is 1. The molecule has 1 N–H and O–H groups in total. The third-order valence-electron chi connectivity index (χ3n) is 2.91. The highest BCUT2D eigenvalue weighted by Gasteiger charge is 2.29. The van der Waals surface area contributed by atoms with Crippen molar-refractivity contribution in [3.05, 3.63) is 0 Å². The largest absolute Gasteiger partial charge is 0.375 e. The molecule has 1 saturated heterocycles. The van der Waals surface area contributed by atoms with Gasteiger partial charge in [0, 0.05) is 13.1 Å². The van der Waals surface area contributed by atoms with Crippen LogP contribution in [0.4, 0.5) is 4.79 Å². The Morgan fingerprint density at radius 1 is 1.44 bits per heavy atom. The summed E-state index contributed by atoms with van der Waals surface area (Å²) in [5.41, 5.74) is 0.122. The van der Waals surface area contributed by atoms with Crippen molar-refractivity contribution in [3.63, 3.8) is 0 Å². The van der Waals surface area contributed by atoms with Crippen LogP contribution >= 0.6 is 0 Å². The zero-order chi connectivity index (χ0) is 12.3. The zero-order valence-electron chi connectivity index (χ0n) is 11.0. The SMILES string of the molecule is CC1OCCN(C(=O)NCC(C)(C)C)C1C. The van der Waals surface area contributed by atoms with Gasteiger partial charge in [-0.25, -0.2) is 4.79 Å². The third-order valence-corrected chi connectivity index (χ3v) is 2.91. The molecule has 2 amide bonds. The Labute approximate surface area is 98.3 Å². The van der Waals surface area contributed by atoms with Gasteiger partial charge < -0.3 is 15.0 Å². The number of nitrogens with one attached hydrogen (secondary N) is 1. The Balaban J connectivity index is 2.47. The van der Waals surface area contributed by atoms with Crippen LogP contribution in [0.3, 0.4) is 0 Å². The predicted molar refractivity (Wildman–Crippen MR) is 64.4 cm³/mol. The minimum Gasteiger partial charge on any atom is -0.375 e. The number of amides is 2. The minimum atomic E-state index is 0.0255. The summed E-state index contributed by atoms with van der Waals surface area (Å²) in [6.07, 6.45) is 0.120. The lowest BCUT2D eigenvalue weighted by Gasteiger charge is -2.38. The van der Waals surface area contributed by atoms with Crippen molar-refractivity contribution in [2.24, 2.45) is 5.41 Å². The highest BCUT2D eigenvalue weighted by molar-refractivity contribution is 5.74. The van der Waals surface area contributed by atoms with Crippen LogP contribution in [-0.2, 0) is 4.74 Å². The molecule has 2 atom stereocenters. The normalized spacial score (nSPS) is 26.7. The van der Waals surface area contributed by atoms with Gasteiger partial charge in [-0.3, -0.25) is 0 Å². The summed E-state index contributed by atoms with van der Waals surface area (Å²) >= 11 is 0. The molecule has 0 saturated carbocycles. The maximum absolute atomic E-state index is 12.0. The molecule has 0 bridgehead atoms. The van der Waals surface area contributed by atoms with E-state index in [9.17, 15) is 4.79 Å². The Morgan fingerprint density at radius 2 is 2.06 bits per heavy atom. The number of ether oxygens (including phenoxy) is 1.